The van der Waals surface area contributed by atoms with Crippen molar-refractivity contribution in [2.45, 2.75) is 6.92 Å². The lowest BCUT2D eigenvalue weighted by molar-refractivity contribution is -0.654. The molecule has 0 aliphatic heterocycles. The monoisotopic (exact) mass is 257 g/mol. The standard InChI is InChI=1S/C11H15B2N4S/c1-8-7-9(17(12)13)3-4-10(8)14-15-11-16(2)5-6-18-11/h3-7H,12-13H2,1-2H3/q+1. The van der Waals surface area contributed by atoms with Crippen LogP contribution < -0.4 is 9.29 Å². The van der Waals surface area contributed by atoms with Crippen LogP contribution >= 0.6 is 11.3 Å². The largest absolute Gasteiger partial charge is 0.472 e. The van der Waals surface area contributed by atoms with Gasteiger partial charge in [0.2, 0.25) is 16.0 Å². The molecule has 2 rings (SSSR count). The summed E-state index contributed by atoms with van der Waals surface area (Å²) in [4.78, 5) is 0. The van der Waals surface area contributed by atoms with E-state index < -0.39 is 0 Å². The van der Waals surface area contributed by atoms with E-state index in [1.807, 2.05) is 45.2 Å². The van der Waals surface area contributed by atoms with Crippen molar-refractivity contribution in [3.63, 3.8) is 0 Å². The summed E-state index contributed by atoms with van der Waals surface area (Å²) in [6, 6.07) is 6.17. The highest BCUT2D eigenvalue weighted by Crippen LogP contribution is 2.25. The van der Waals surface area contributed by atoms with Crippen LogP contribution in [0, 0.1) is 6.92 Å². The molecule has 0 amide bonds. The first kappa shape index (κ1) is 12.8. The Bertz CT molecular complexity index is 580. The predicted octanol–water partition coefficient (Wildman–Crippen LogP) is 1.20. The Labute approximate surface area is 113 Å². The zero-order valence-electron chi connectivity index (χ0n) is 11.1. The van der Waals surface area contributed by atoms with E-state index in [-0.39, 0.29) is 0 Å². The van der Waals surface area contributed by atoms with Crippen molar-refractivity contribution < 1.29 is 4.57 Å². The van der Waals surface area contributed by atoms with Gasteiger partial charge in [-0.1, -0.05) is 0 Å². The molecule has 0 atom stereocenters. The molecule has 1 heterocycles. The Morgan fingerprint density at radius 1 is 1.28 bits per heavy atom. The number of benzene rings is 1. The fourth-order valence-corrected chi connectivity index (χ4v) is 2.23. The van der Waals surface area contributed by atoms with E-state index in [1.54, 1.807) is 11.3 Å². The highest BCUT2D eigenvalue weighted by atomic mass is 32.1. The number of aryl methyl sites for hydroxylation is 2. The molecule has 2 aromatic rings. The molecule has 1 aromatic carbocycles. The fourth-order valence-electron chi connectivity index (χ4n) is 1.55. The molecule has 4 nitrogen and oxygen atoms in total. The molecule has 0 saturated carbocycles. The predicted molar refractivity (Wildman–Crippen MR) is 80.4 cm³/mol. The minimum atomic E-state index is 0.895. The van der Waals surface area contributed by atoms with Gasteiger partial charge in [0, 0.05) is 11.1 Å². The third-order valence-electron chi connectivity index (χ3n) is 2.70. The molecule has 7 heteroatoms. The maximum atomic E-state index is 4.31. The van der Waals surface area contributed by atoms with Gasteiger partial charge in [-0.2, -0.15) is 0 Å². The summed E-state index contributed by atoms with van der Waals surface area (Å²) < 4.78 is 4.03. The average Bonchev–Trinajstić information content (AvgIpc) is 2.73. The maximum absolute atomic E-state index is 4.31. The summed E-state index contributed by atoms with van der Waals surface area (Å²) in [7, 11) is 6.02. The van der Waals surface area contributed by atoms with Crippen LogP contribution in [0.5, 0.6) is 0 Å². The number of rotatable bonds is 3. The van der Waals surface area contributed by atoms with E-state index in [1.165, 1.54) is 5.69 Å². The van der Waals surface area contributed by atoms with E-state index in [0.717, 1.165) is 16.4 Å². The van der Waals surface area contributed by atoms with Gasteiger partial charge in [0.15, 0.2) is 0 Å². The lowest BCUT2D eigenvalue weighted by Crippen LogP contribution is -2.23. The molecule has 18 heavy (non-hydrogen) atoms. The van der Waals surface area contributed by atoms with E-state index in [9.17, 15) is 0 Å². The molecule has 0 radical (unpaired) electrons. The number of thiazole rings is 1. The van der Waals surface area contributed by atoms with Gasteiger partial charge in [-0.3, -0.25) is 0 Å². The summed E-state index contributed by atoms with van der Waals surface area (Å²) in [5.74, 6) is 0. The van der Waals surface area contributed by atoms with Gasteiger partial charge in [0.05, 0.1) is 12.2 Å². The molecular formula is C11H15B2N4S+. The second-order valence-corrected chi connectivity index (χ2v) is 5.23. The Balaban J connectivity index is 2.25. The summed E-state index contributed by atoms with van der Waals surface area (Å²) in [6.07, 6.45) is 1.97. The molecule has 0 N–H and O–H groups in total. The number of hydrogen-bond donors (Lipinski definition) is 0. The fraction of sp³-hybridized carbons (Fsp3) is 0.182. The van der Waals surface area contributed by atoms with Gasteiger partial charge in [0.1, 0.15) is 11.9 Å². The third-order valence-corrected chi connectivity index (χ3v) is 3.54. The second kappa shape index (κ2) is 5.35. The number of hydrogen-bond acceptors (Lipinski definition) is 4. The van der Waals surface area contributed by atoms with Gasteiger partial charge in [-0.25, -0.2) is 4.57 Å². The van der Waals surface area contributed by atoms with Crippen molar-refractivity contribution in [1.29, 1.82) is 0 Å². The zero-order valence-corrected chi connectivity index (χ0v) is 11.9. The topological polar surface area (TPSA) is 31.8 Å². The molecule has 0 bridgehead atoms. The van der Waals surface area contributed by atoms with Gasteiger partial charge in [-0.15, -0.1) is 0 Å². The highest BCUT2D eigenvalue weighted by molar-refractivity contribution is 7.12. The summed E-state index contributed by atoms with van der Waals surface area (Å²) in [5, 5.41) is 11.5. The molecule has 0 saturated heterocycles. The summed E-state index contributed by atoms with van der Waals surface area (Å²) >= 11 is 1.58. The molecule has 0 fully saturated rings. The highest BCUT2D eigenvalue weighted by Gasteiger charge is 2.08. The quantitative estimate of drug-likeness (QED) is 0.462. The van der Waals surface area contributed by atoms with Crippen molar-refractivity contribution in [2.75, 3.05) is 4.72 Å². The van der Waals surface area contributed by atoms with Crippen LogP contribution in [0.15, 0.2) is 40.0 Å². The maximum Gasteiger partial charge on any atom is 0.408 e. The van der Waals surface area contributed by atoms with Crippen LogP contribution in [0.3, 0.4) is 0 Å². The molecule has 0 aliphatic carbocycles. The Hall–Kier alpha value is -1.62. The molecule has 0 unspecified atom stereocenters. The van der Waals surface area contributed by atoms with Crippen molar-refractivity contribution in [3.05, 3.63) is 35.3 Å². The zero-order chi connectivity index (χ0) is 13.1. The lowest BCUT2D eigenvalue weighted by Gasteiger charge is -2.13. The number of anilines is 1. The first-order valence-corrected chi connectivity index (χ1v) is 6.59. The van der Waals surface area contributed by atoms with Gasteiger partial charge >= 0.3 is 5.13 Å². The lowest BCUT2D eigenvalue weighted by atomic mass is 10.1. The minimum absolute atomic E-state index is 0.895. The van der Waals surface area contributed by atoms with Crippen molar-refractivity contribution in [2.24, 2.45) is 17.3 Å². The van der Waals surface area contributed by atoms with Gasteiger partial charge < -0.3 is 4.72 Å². The van der Waals surface area contributed by atoms with Crippen LogP contribution in [-0.4, -0.2) is 16.0 Å². The van der Waals surface area contributed by atoms with Crippen LogP contribution in [0.25, 0.3) is 0 Å². The number of azo groups is 1. The summed E-state index contributed by atoms with van der Waals surface area (Å²) in [5.41, 5.74) is 3.21. The first-order chi connectivity index (χ1) is 8.58. The Kier molecular flexibility index (Phi) is 3.81. The SMILES string of the molecule is BN(B)c1ccc(/N=N/c2scc[n+]2C)c(C)c1. The first-order valence-electron chi connectivity index (χ1n) is 5.71. The molecule has 90 valence electrons. The summed E-state index contributed by atoms with van der Waals surface area (Å²) in [6.45, 7) is 2.05. The van der Waals surface area contributed by atoms with Crippen LogP contribution in [0.1, 0.15) is 5.56 Å². The van der Waals surface area contributed by atoms with Gasteiger partial charge in [-0.05, 0) is 47.1 Å². The second-order valence-electron chi connectivity index (χ2n) is 4.36. The van der Waals surface area contributed by atoms with Crippen LogP contribution in [-0.2, 0) is 7.05 Å². The van der Waals surface area contributed by atoms with Crippen molar-refractivity contribution >= 4 is 43.8 Å². The number of aromatic nitrogens is 1. The van der Waals surface area contributed by atoms with Gasteiger partial charge in [0.25, 0.3) is 0 Å². The molecule has 0 spiro atoms. The van der Waals surface area contributed by atoms with Crippen LogP contribution in [0.4, 0.5) is 16.5 Å². The minimum Gasteiger partial charge on any atom is -0.472 e. The Morgan fingerprint density at radius 3 is 2.61 bits per heavy atom. The molecule has 1 aromatic heterocycles. The Morgan fingerprint density at radius 2 is 2.06 bits per heavy atom. The van der Waals surface area contributed by atoms with Crippen molar-refractivity contribution in [3.8, 4) is 0 Å². The average molecular weight is 257 g/mol. The van der Waals surface area contributed by atoms with E-state index in [0.29, 0.717) is 0 Å². The third kappa shape index (κ3) is 2.79. The van der Waals surface area contributed by atoms with E-state index >= 15 is 0 Å². The molecular weight excluding hydrogens is 242 g/mol. The molecule has 0 aliphatic rings. The van der Waals surface area contributed by atoms with Crippen LogP contribution in [0.2, 0.25) is 0 Å². The van der Waals surface area contributed by atoms with Crippen molar-refractivity contribution in [1.82, 2.24) is 0 Å². The normalized spacial score (nSPS) is 11.0. The smallest absolute Gasteiger partial charge is 0.408 e. The number of nitrogens with zero attached hydrogens (tertiary/aromatic N) is 4. The van der Waals surface area contributed by atoms with E-state index in [2.05, 4.69) is 34.0 Å². The van der Waals surface area contributed by atoms with E-state index in [4.69, 9.17) is 0 Å².